The Morgan fingerprint density at radius 3 is 2.59 bits per heavy atom. The van der Waals surface area contributed by atoms with Crippen molar-refractivity contribution >= 4 is 39.8 Å². The monoisotopic (exact) mass is 429 g/mol. The summed E-state index contributed by atoms with van der Waals surface area (Å²) in [5, 5.41) is 0.481. The van der Waals surface area contributed by atoms with Crippen molar-refractivity contribution in [3.8, 4) is 5.75 Å². The lowest BCUT2D eigenvalue weighted by Gasteiger charge is -2.33. The van der Waals surface area contributed by atoms with E-state index in [0.717, 1.165) is 60.1 Å². The molecule has 0 amide bonds. The van der Waals surface area contributed by atoms with Gasteiger partial charge in [-0.3, -0.25) is 9.30 Å². The van der Waals surface area contributed by atoms with Crippen LogP contribution in [0.2, 0.25) is 5.15 Å². The molecule has 3 aromatic heterocycles. The number of nitrogens with zero attached hydrogens (tertiary/aromatic N) is 4. The van der Waals surface area contributed by atoms with Crippen LogP contribution in [-0.4, -0.2) is 47.7 Å². The molecule has 0 radical (unpaired) electrons. The minimum absolute atomic E-state index is 0. The second kappa shape index (κ2) is 8.06. The number of benzene rings is 1. The van der Waals surface area contributed by atoms with Gasteiger partial charge < -0.3 is 22.0 Å². The molecule has 0 spiro atoms. The van der Waals surface area contributed by atoms with E-state index in [0.29, 0.717) is 5.15 Å². The number of nitrogens with one attached hydrogen (secondary N) is 1. The highest BCUT2D eigenvalue weighted by molar-refractivity contribution is 6.29. The van der Waals surface area contributed by atoms with Crippen molar-refractivity contribution in [3.63, 3.8) is 0 Å². The summed E-state index contributed by atoms with van der Waals surface area (Å²) in [7, 11) is 1.73. The van der Waals surface area contributed by atoms with Gasteiger partial charge in [0.1, 0.15) is 35.0 Å². The van der Waals surface area contributed by atoms with Gasteiger partial charge in [0.15, 0.2) is 5.65 Å². The number of pyridine rings is 1. The molecule has 0 aliphatic carbocycles. The Hall–Kier alpha value is -2.54. The summed E-state index contributed by atoms with van der Waals surface area (Å²) in [6, 6.07) is 16.1. The van der Waals surface area contributed by atoms with Crippen LogP contribution in [0, 0.1) is 0 Å². The largest absolute Gasteiger partial charge is 1.00 e. The number of rotatable bonds is 3. The van der Waals surface area contributed by atoms with E-state index in [1.165, 1.54) is 4.90 Å². The van der Waals surface area contributed by atoms with E-state index in [1.54, 1.807) is 13.2 Å². The molecule has 0 bridgehead atoms. The molecule has 8 heteroatoms. The maximum Gasteiger partial charge on any atom is 0.251 e. The predicted octanol–water partition coefficient (Wildman–Crippen LogP) is -0.415. The first-order chi connectivity index (χ1) is 13.7. The number of piperazine rings is 1. The van der Waals surface area contributed by atoms with Crippen LogP contribution in [0.3, 0.4) is 0 Å². The van der Waals surface area contributed by atoms with E-state index in [4.69, 9.17) is 21.3 Å². The van der Waals surface area contributed by atoms with Crippen LogP contribution in [0.15, 0.2) is 54.7 Å². The highest BCUT2D eigenvalue weighted by Crippen LogP contribution is 2.27. The van der Waals surface area contributed by atoms with Crippen LogP contribution in [0.5, 0.6) is 5.75 Å². The fourth-order valence-electron chi connectivity index (χ4n) is 4.02. The van der Waals surface area contributed by atoms with Gasteiger partial charge in [0, 0.05) is 6.20 Å². The summed E-state index contributed by atoms with van der Waals surface area (Å²) in [6.45, 7) is 3.83. The molecule has 4 aromatic rings. The van der Waals surface area contributed by atoms with E-state index in [-0.39, 0.29) is 12.4 Å². The van der Waals surface area contributed by atoms with Crippen molar-refractivity contribution in [1.29, 1.82) is 0 Å². The minimum Gasteiger partial charge on any atom is -1.00 e. The maximum atomic E-state index is 6.10. The Balaban J connectivity index is 0.00000205. The van der Waals surface area contributed by atoms with Crippen molar-refractivity contribution < 1.29 is 22.0 Å². The molecule has 0 unspecified atom stereocenters. The zero-order valence-electron chi connectivity index (χ0n) is 16.0. The lowest BCUT2D eigenvalue weighted by atomic mass is 10.2. The number of hydrogen-bond acceptors (Lipinski definition) is 4. The summed E-state index contributed by atoms with van der Waals surface area (Å²) in [5.74, 6) is 1.99. The van der Waals surface area contributed by atoms with E-state index in [2.05, 4.69) is 32.5 Å². The highest BCUT2D eigenvalue weighted by Gasteiger charge is 2.27. The number of ether oxygens (including phenoxy) is 1. The number of aromatic nitrogens is 3. The number of para-hydroxylation sites is 2. The van der Waals surface area contributed by atoms with Gasteiger partial charge in [-0.1, -0.05) is 23.7 Å². The van der Waals surface area contributed by atoms with Gasteiger partial charge in [-0.25, -0.2) is 4.98 Å². The molecule has 1 saturated heterocycles. The van der Waals surface area contributed by atoms with E-state index in [1.807, 2.05) is 30.5 Å². The zero-order valence-corrected chi connectivity index (χ0v) is 17.5. The van der Waals surface area contributed by atoms with Crippen molar-refractivity contribution in [2.24, 2.45) is 0 Å². The van der Waals surface area contributed by atoms with Crippen LogP contribution in [0.25, 0.3) is 16.7 Å². The third kappa shape index (κ3) is 3.48. The first kappa shape index (κ1) is 19.8. The van der Waals surface area contributed by atoms with Gasteiger partial charge in [-0.05, 0) is 36.4 Å². The quantitative estimate of drug-likeness (QED) is 0.449. The first-order valence-electron chi connectivity index (χ1n) is 9.41. The Bertz CT molecular complexity index is 1150. The molecule has 0 saturated carbocycles. The van der Waals surface area contributed by atoms with Crippen LogP contribution in [0.4, 0.5) is 11.5 Å². The Labute approximate surface area is 180 Å². The van der Waals surface area contributed by atoms with Gasteiger partial charge in [0.05, 0.1) is 25.9 Å². The summed E-state index contributed by atoms with van der Waals surface area (Å²) < 4.78 is 7.62. The highest BCUT2D eigenvalue weighted by atomic mass is 35.5. The molecular formula is C21H21Cl2N5O. The second-order valence-corrected chi connectivity index (χ2v) is 7.35. The average Bonchev–Trinajstić information content (AvgIpc) is 3.24. The Kier molecular flexibility index (Phi) is 5.50. The summed E-state index contributed by atoms with van der Waals surface area (Å²) in [4.78, 5) is 13.2. The molecule has 6 nitrogen and oxygen atoms in total. The van der Waals surface area contributed by atoms with Crippen LogP contribution >= 0.6 is 11.6 Å². The van der Waals surface area contributed by atoms with Gasteiger partial charge in [0.25, 0.3) is 5.82 Å². The fourth-order valence-corrected chi connectivity index (χ4v) is 4.17. The Morgan fingerprint density at radius 1 is 1.00 bits per heavy atom. The van der Waals surface area contributed by atoms with Gasteiger partial charge >= 0.3 is 0 Å². The van der Waals surface area contributed by atoms with Crippen LogP contribution < -0.4 is 26.9 Å². The van der Waals surface area contributed by atoms with Crippen LogP contribution in [-0.2, 0) is 0 Å². The first-order valence-corrected chi connectivity index (χ1v) is 9.79. The molecule has 0 atom stereocenters. The fraction of sp³-hybridized carbons (Fsp3) is 0.238. The lowest BCUT2D eigenvalue weighted by Crippen LogP contribution is -3.10. The third-order valence-corrected chi connectivity index (χ3v) is 5.61. The maximum absolute atomic E-state index is 6.10. The zero-order chi connectivity index (χ0) is 19.1. The minimum atomic E-state index is 0. The van der Waals surface area contributed by atoms with Gasteiger partial charge in [0.2, 0.25) is 0 Å². The molecule has 5 rings (SSSR count). The third-order valence-electron chi connectivity index (χ3n) is 5.40. The van der Waals surface area contributed by atoms with Gasteiger partial charge in [-0.2, -0.15) is 4.98 Å². The summed E-state index contributed by atoms with van der Waals surface area (Å²) in [6.07, 6.45) is 2.02. The number of methoxy groups -OCH3 is 1. The number of quaternary nitrogens is 1. The van der Waals surface area contributed by atoms with E-state index < -0.39 is 0 Å². The number of hydrogen-bond donors (Lipinski definition) is 1. The molecule has 1 fully saturated rings. The molecule has 1 aliphatic rings. The average molecular weight is 430 g/mol. The number of anilines is 1. The lowest BCUT2D eigenvalue weighted by molar-refractivity contribution is -0.834. The normalized spacial score (nSPS) is 14.9. The molecular weight excluding hydrogens is 409 g/mol. The number of halogens is 2. The molecule has 4 heterocycles. The van der Waals surface area contributed by atoms with Crippen molar-refractivity contribution in [2.75, 3.05) is 38.2 Å². The molecule has 29 heavy (non-hydrogen) atoms. The predicted molar refractivity (Wildman–Crippen MR) is 111 cm³/mol. The number of fused-ring (bicyclic) bond motifs is 3. The molecule has 1 aromatic carbocycles. The van der Waals surface area contributed by atoms with E-state index >= 15 is 0 Å². The van der Waals surface area contributed by atoms with E-state index in [9.17, 15) is 0 Å². The topological polar surface area (TPSA) is 47.1 Å². The molecule has 1 aliphatic heterocycles. The molecule has 150 valence electrons. The van der Waals surface area contributed by atoms with Gasteiger partial charge in [-0.15, -0.1) is 0 Å². The standard InChI is InChI=1S/C21H20ClN5O.ClH/c1-28-18-7-3-2-5-16(18)25-11-13-26(14-12-25)21-17-6-4-10-27(17)20-15(23-21)8-9-19(22)24-20;/h2-10H,11-14H2,1H3;1H. The van der Waals surface area contributed by atoms with Crippen LogP contribution in [0.1, 0.15) is 0 Å². The SMILES string of the molecule is COc1ccccc1N1CC[NH+](c2nc3ccc(Cl)nc3n3cccc23)CC1.[Cl-]. The van der Waals surface area contributed by atoms with Crippen molar-refractivity contribution in [2.45, 2.75) is 0 Å². The smallest absolute Gasteiger partial charge is 0.251 e. The second-order valence-electron chi connectivity index (χ2n) is 6.96. The molecule has 1 N–H and O–H groups in total. The van der Waals surface area contributed by atoms with Crippen molar-refractivity contribution in [3.05, 3.63) is 59.9 Å². The summed E-state index contributed by atoms with van der Waals surface area (Å²) >= 11 is 6.10. The van der Waals surface area contributed by atoms with Crippen molar-refractivity contribution in [1.82, 2.24) is 14.4 Å². The Morgan fingerprint density at radius 2 is 1.79 bits per heavy atom. The summed E-state index contributed by atoms with van der Waals surface area (Å²) in [5.41, 5.74) is 3.90.